The van der Waals surface area contributed by atoms with Crippen molar-refractivity contribution in [3.8, 4) is 5.75 Å². The second-order valence-corrected chi connectivity index (χ2v) is 8.04. The molecule has 0 bridgehead atoms. The van der Waals surface area contributed by atoms with Crippen LogP contribution in [0.1, 0.15) is 30.5 Å². The zero-order chi connectivity index (χ0) is 22.7. The van der Waals surface area contributed by atoms with Gasteiger partial charge in [-0.25, -0.2) is 9.40 Å². The maximum atomic E-state index is 14.6. The maximum absolute atomic E-state index is 14.6. The number of carbonyl (C=O) groups is 2. The van der Waals surface area contributed by atoms with E-state index < -0.39 is 6.04 Å². The van der Waals surface area contributed by atoms with Gasteiger partial charge in [0.15, 0.2) is 0 Å². The van der Waals surface area contributed by atoms with Gasteiger partial charge in [0, 0.05) is 45.1 Å². The van der Waals surface area contributed by atoms with Crippen molar-refractivity contribution in [1.29, 1.82) is 0 Å². The highest BCUT2D eigenvalue weighted by atomic mass is 19.1. The highest BCUT2D eigenvalue weighted by Crippen LogP contribution is 2.34. The molecule has 1 fully saturated rings. The third-order valence-corrected chi connectivity index (χ3v) is 6.03. The standard InChI is InChI=1S/C24H27FN4O3/c1-17(30)28-13-11-27(12-14-28)16-24(31)29-23(20-5-3-4-6-21(20)25)15-22(26-29)18-7-9-19(32-2)10-8-18/h3-10,23H,11-16H2,1-2H3. The number of hydrogen-bond acceptors (Lipinski definition) is 5. The van der Waals surface area contributed by atoms with Crippen LogP contribution in [0.25, 0.3) is 0 Å². The summed E-state index contributed by atoms with van der Waals surface area (Å²) in [6.45, 7) is 4.17. The molecule has 0 N–H and O–H groups in total. The van der Waals surface area contributed by atoms with Crippen molar-refractivity contribution in [2.24, 2.45) is 5.10 Å². The van der Waals surface area contributed by atoms with E-state index in [1.165, 1.54) is 11.1 Å². The highest BCUT2D eigenvalue weighted by molar-refractivity contribution is 6.03. The summed E-state index contributed by atoms with van der Waals surface area (Å²) in [6.07, 6.45) is 0.428. The molecule has 2 aromatic carbocycles. The maximum Gasteiger partial charge on any atom is 0.257 e. The number of amides is 2. The van der Waals surface area contributed by atoms with Crippen molar-refractivity contribution in [3.05, 3.63) is 65.5 Å². The summed E-state index contributed by atoms with van der Waals surface area (Å²) < 4.78 is 19.9. The van der Waals surface area contributed by atoms with Crippen LogP contribution in [0, 0.1) is 5.82 Å². The van der Waals surface area contributed by atoms with Gasteiger partial charge in [0.05, 0.1) is 25.4 Å². The Morgan fingerprint density at radius 1 is 1.06 bits per heavy atom. The third kappa shape index (κ3) is 4.65. The summed E-state index contributed by atoms with van der Waals surface area (Å²) in [5.41, 5.74) is 2.06. The topological polar surface area (TPSA) is 65.5 Å². The van der Waals surface area contributed by atoms with Gasteiger partial charge in [-0.15, -0.1) is 0 Å². The van der Waals surface area contributed by atoms with Gasteiger partial charge in [-0.2, -0.15) is 5.10 Å². The highest BCUT2D eigenvalue weighted by Gasteiger charge is 2.35. The molecule has 2 amide bonds. The Balaban J connectivity index is 1.55. The zero-order valence-corrected chi connectivity index (χ0v) is 18.3. The number of ether oxygens (including phenoxy) is 1. The van der Waals surface area contributed by atoms with Crippen LogP contribution in [0.5, 0.6) is 5.75 Å². The first-order chi connectivity index (χ1) is 15.5. The van der Waals surface area contributed by atoms with E-state index in [-0.39, 0.29) is 24.2 Å². The van der Waals surface area contributed by atoms with Gasteiger partial charge in [-0.1, -0.05) is 18.2 Å². The number of methoxy groups -OCH3 is 1. The zero-order valence-electron chi connectivity index (χ0n) is 18.3. The van der Waals surface area contributed by atoms with Crippen LogP contribution in [0.15, 0.2) is 53.6 Å². The van der Waals surface area contributed by atoms with E-state index in [1.807, 2.05) is 29.2 Å². The molecule has 2 aromatic rings. The fraction of sp³-hybridized carbons (Fsp3) is 0.375. The van der Waals surface area contributed by atoms with Crippen LogP contribution in [0.2, 0.25) is 0 Å². The van der Waals surface area contributed by atoms with Crippen LogP contribution in [-0.4, -0.2) is 72.2 Å². The second-order valence-electron chi connectivity index (χ2n) is 8.04. The quantitative estimate of drug-likeness (QED) is 0.720. The van der Waals surface area contributed by atoms with Gasteiger partial charge in [0.25, 0.3) is 5.91 Å². The Morgan fingerprint density at radius 2 is 1.75 bits per heavy atom. The SMILES string of the molecule is COc1ccc(C2=NN(C(=O)CN3CCN(C(C)=O)CC3)C(c3ccccc3F)C2)cc1. The van der Waals surface area contributed by atoms with Crippen LogP contribution in [0.4, 0.5) is 4.39 Å². The fourth-order valence-corrected chi connectivity index (χ4v) is 4.17. The normalized spacial score (nSPS) is 19.1. The summed E-state index contributed by atoms with van der Waals surface area (Å²) in [6, 6.07) is 13.5. The Hall–Kier alpha value is -3.26. The lowest BCUT2D eigenvalue weighted by molar-refractivity contribution is -0.135. The minimum atomic E-state index is -0.501. The molecule has 2 heterocycles. The van der Waals surface area contributed by atoms with Gasteiger partial charge < -0.3 is 9.64 Å². The predicted octanol–water partition coefficient (Wildman–Crippen LogP) is 2.68. The van der Waals surface area contributed by atoms with Gasteiger partial charge in [0.2, 0.25) is 5.91 Å². The Kier molecular flexibility index (Phi) is 6.50. The lowest BCUT2D eigenvalue weighted by atomic mass is 9.98. The molecule has 1 unspecified atom stereocenters. The van der Waals surface area contributed by atoms with E-state index in [1.54, 1.807) is 37.1 Å². The molecule has 0 aliphatic carbocycles. The minimum Gasteiger partial charge on any atom is -0.497 e. The Morgan fingerprint density at radius 3 is 2.38 bits per heavy atom. The molecule has 4 rings (SSSR count). The van der Waals surface area contributed by atoms with E-state index >= 15 is 0 Å². The first-order valence-corrected chi connectivity index (χ1v) is 10.7. The second kappa shape index (κ2) is 9.48. The molecule has 7 nitrogen and oxygen atoms in total. The monoisotopic (exact) mass is 438 g/mol. The van der Waals surface area contributed by atoms with Crippen molar-refractivity contribution in [3.63, 3.8) is 0 Å². The Labute approximate surface area is 187 Å². The summed E-state index contributed by atoms with van der Waals surface area (Å²) in [5.74, 6) is 0.245. The number of halogens is 1. The summed E-state index contributed by atoms with van der Waals surface area (Å²) in [5, 5.41) is 6.05. The van der Waals surface area contributed by atoms with Crippen LogP contribution in [0.3, 0.4) is 0 Å². The van der Waals surface area contributed by atoms with Gasteiger partial charge in [-0.3, -0.25) is 14.5 Å². The number of hydrazone groups is 1. The van der Waals surface area contributed by atoms with Crippen molar-refractivity contribution >= 4 is 17.5 Å². The molecule has 168 valence electrons. The molecule has 8 heteroatoms. The fourth-order valence-electron chi connectivity index (χ4n) is 4.17. The van der Waals surface area contributed by atoms with Crippen LogP contribution < -0.4 is 4.74 Å². The van der Waals surface area contributed by atoms with Crippen molar-refractivity contribution in [2.75, 3.05) is 39.8 Å². The molecule has 0 spiro atoms. The molecular weight excluding hydrogens is 411 g/mol. The predicted molar refractivity (Wildman–Crippen MR) is 119 cm³/mol. The average molecular weight is 439 g/mol. The smallest absolute Gasteiger partial charge is 0.257 e. The van der Waals surface area contributed by atoms with Gasteiger partial charge >= 0.3 is 0 Å². The Bertz CT molecular complexity index is 1020. The first-order valence-electron chi connectivity index (χ1n) is 10.7. The molecule has 2 aliphatic rings. The number of rotatable bonds is 5. The molecule has 2 aliphatic heterocycles. The molecule has 1 atom stereocenters. The molecule has 0 aromatic heterocycles. The summed E-state index contributed by atoms with van der Waals surface area (Å²) in [4.78, 5) is 28.6. The molecule has 0 radical (unpaired) electrons. The lowest BCUT2D eigenvalue weighted by Crippen LogP contribution is -2.50. The molecule has 32 heavy (non-hydrogen) atoms. The molecular formula is C24H27FN4O3. The van der Waals surface area contributed by atoms with Crippen LogP contribution >= 0.6 is 0 Å². The molecule has 1 saturated heterocycles. The number of benzene rings is 2. The minimum absolute atomic E-state index is 0.0452. The molecule has 0 saturated carbocycles. The summed E-state index contributed by atoms with van der Waals surface area (Å²) in [7, 11) is 1.60. The van der Waals surface area contributed by atoms with E-state index in [0.717, 1.165) is 17.0 Å². The number of nitrogens with zero attached hydrogens (tertiary/aromatic N) is 4. The van der Waals surface area contributed by atoms with E-state index in [2.05, 4.69) is 5.10 Å². The first kappa shape index (κ1) is 22.0. The van der Waals surface area contributed by atoms with E-state index in [4.69, 9.17) is 4.74 Å². The number of carbonyl (C=O) groups excluding carboxylic acids is 2. The van der Waals surface area contributed by atoms with Crippen molar-refractivity contribution < 1.29 is 18.7 Å². The summed E-state index contributed by atoms with van der Waals surface area (Å²) >= 11 is 0. The largest absolute Gasteiger partial charge is 0.497 e. The lowest BCUT2D eigenvalue weighted by Gasteiger charge is -2.34. The van der Waals surface area contributed by atoms with Crippen LogP contribution in [-0.2, 0) is 9.59 Å². The van der Waals surface area contributed by atoms with E-state index in [9.17, 15) is 14.0 Å². The van der Waals surface area contributed by atoms with Crippen molar-refractivity contribution in [1.82, 2.24) is 14.8 Å². The van der Waals surface area contributed by atoms with Crippen molar-refractivity contribution in [2.45, 2.75) is 19.4 Å². The average Bonchev–Trinajstić information content (AvgIpc) is 3.25. The van der Waals surface area contributed by atoms with Gasteiger partial charge in [0.1, 0.15) is 11.6 Å². The third-order valence-electron chi connectivity index (χ3n) is 6.03. The number of piperazine rings is 1. The number of hydrogen-bond donors (Lipinski definition) is 0. The van der Waals surface area contributed by atoms with E-state index in [0.29, 0.717) is 38.2 Å². The van der Waals surface area contributed by atoms with Gasteiger partial charge in [-0.05, 0) is 35.9 Å².